The summed E-state index contributed by atoms with van der Waals surface area (Å²) in [7, 11) is -3.65. The number of ether oxygens (including phenoxy) is 1. The lowest BCUT2D eigenvalue weighted by atomic mass is 10.2. The molecular formula is C20H26N4O4S. The van der Waals surface area contributed by atoms with Gasteiger partial charge in [-0.3, -0.25) is 4.79 Å². The van der Waals surface area contributed by atoms with E-state index in [1.165, 1.54) is 0 Å². The van der Waals surface area contributed by atoms with Gasteiger partial charge in [0.15, 0.2) is 0 Å². The van der Waals surface area contributed by atoms with Gasteiger partial charge in [-0.25, -0.2) is 18.1 Å². The Morgan fingerprint density at radius 3 is 2.59 bits per heavy atom. The van der Waals surface area contributed by atoms with Gasteiger partial charge in [0.05, 0.1) is 30.0 Å². The Morgan fingerprint density at radius 2 is 1.93 bits per heavy atom. The van der Waals surface area contributed by atoms with Crippen LogP contribution < -0.4 is 14.9 Å². The van der Waals surface area contributed by atoms with E-state index < -0.39 is 10.0 Å². The summed E-state index contributed by atoms with van der Waals surface area (Å²) in [6.45, 7) is 6.61. The first-order valence-corrected chi connectivity index (χ1v) is 11.0. The van der Waals surface area contributed by atoms with Gasteiger partial charge in [-0.2, -0.15) is 0 Å². The number of nitrogens with one attached hydrogen (secondary N) is 2. The fourth-order valence-corrected chi connectivity index (χ4v) is 4.40. The van der Waals surface area contributed by atoms with E-state index in [9.17, 15) is 13.2 Å². The number of sulfonamides is 1. The zero-order chi connectivity index (χ0) is 20.9. The molecule has 8 nitrogen and oxygen atoms in total. The van der Waals surface area contributed by atoms with Crippen molar-refractivity contribution in [3.05, 3.63) is 47.7 Å². The van der Waals surface area contributed by atoms with Gasteiger partial charge in [0.2, 0.25) is 15.9 Å². The van der Waals surface area contributed by atoms with Crippen molar-refractivity contribution in [2.75, 3.05) is 43.1 Å². The average Bonchev–Trinajstić information content (AvgIpc) is 2.69. The molecule has 1 saturated heterocycles. The minimum atomic E-state index is -3.65. The lowest BCUT2D eigenvalue weighted by molar-refractivity contribution is -0.116. The van der Waals surface area contributed by atoms with E-state index in [0.29, 0.717) is 24.5 Å². The summed E-state index contributed by atoms with van der Waals surface area (Å²) in [4.78, 5) is 18.9. The average molecular weight is 419 g/mol. The molecule has 0 saturated carbocycles. The number of carbonyl (C=O) groups excluding carboxylic acids is 1. The molecule has 0 unspecified atom stereocenters. The number of benzene rings is 1. The molecule has 1 aliphatic heterocycles. The second-order valence-electron chi connectivity index (χ2n) is 6.97. The van der Waals surface area contributed by atoms with Gasteiger partial charge in [0.1, 0.15) is 5.82 Å². The minimum Gasteiger partial charge on any atom is -0.378 e. The number of nitrogens with zero attached hydrogens (tertiary/aromatic N) is 2. The van der Waals surface area contributed by atoms with Crippen molar-refractivity contribution in [3.63, 3.8) is 0 Å². The lowest BCUT2D eigenvalue weighted by Crippen LogP contribution is -2.36. The summed E-state index contributed by atoms with van der Waals surface area (Å²) in [6.07, 6.45) is 1.62. The third-order valence-electron chi connectivity index (χ3n) is 4.63. The number of anilines is 2. The monoisotopic (exact) mass is 418 g/mol. The number of amides is 1. The predicted octanol–water partition coefficient (Wildman–Crippen LogP) is 1.84. The quantitative estimate of drug-likeness (QED) is 0.712. The molecule has 2 heterocycles. The predicted molar refractivity (Wildman–Crippen MR) is 112 cm³/mol. The number of hydrogen-bond acceptors (Lipinski definition) is 6. The summed E-state index contributed by atoms with van der Waals surface area (Å²) in [6, 6.07) is 8.78. The molecule has 1 aliphatic rings. The highest BCUT2D eigenvalue weighted by Crippen LogP contribution is 2.17. The van der Waals surface area contributed by atoms with Crippen molar-refractivity contribution in [1.29, 1.82) is 0 Å². The van der Waals surface area contributed by atoms with E-state index in [2.05, 4.69) is 19.9 Å². The Bertz CT molecular complexity index is 955. The summed E-state index contributed by atoms with van der Waals surface area (Å²) >= 11 is 0. The molecule has 0 bridgehead atoms. The fourth-order valence-electron chi connectivity index (χ4n) is 3.14. The van der Waals surface area contributed by atoms with Crippen LogP contribution in [0.2, 0.25) is 0 Å². The molecule has 1 amide bonds. The smallest absolute Gasteiger partial charge is 0.240 e. The van der Waals surface area contributed by atoms with Gasteiger partial charge in [0.25, 0.3) is 0 Å². The van der Waals surface area contributed by atoms with Crippen LogP contribution in [-0.2, 0) is 19.6 Å². The first-order valence-electron chi connectivity index (χ1n) is 9.51. The molecule has 0 spiro atoms. The Labute approximate surface area is 171 Å². The summed E-state index contributed by atoms with van der Waals surface area (Å²) in [5.41, 5.74) is 2.24. The molecule has 2 N–H and O–H groups in total. The number of aromatic nitrogens is 1. The Hall–Kier alpha value is -2.49. The molecule has 1 fully saturated rings. The normalized spacial score (nSPS) is 14.6. The van der Waals surface area contributed by atoms with Crippen LogP contribution >= 0.6 is 0 Å². The zero-order valence-corrected chi connectivity index (χ0v) is 17.5. The SMILES string of the molecule is Cc1ccc(S(=O)(=O)NCCC(=O)Nc2ccc(N3CCOCC3)nc2)c(C)c1. The van der Waals surface area contributed by atoms with Crippen molar-refractivity contribution in [1.82, 2.24) is 9.71 Å². The van der Waals surface area contributed by atoms with E-state index >= 15 is 0 Å². The van der Waals surface area contributed by atoms with Crippen molar-refractivity contribution in [3.8, 4) is 0 Å². The van der Waals surface area contributed by atoms with Crippen LogP contribution in [-0.4, -0.2) is 52.2 Å². The van der Waals surface area contributed by atoms with Crippen LogP contribution in [0.5, 0.6) is 0 Å². The number of rotatable bonds is 7. The van der Waals surface area contributed by atoms with Crippen molar-refractivity contribution >= 4 is 27.4 Å². The molecule has 29 heavy (non-hydrogen) atoms. The van der Waals surface area contributed by atoms with E-state index in [1.54, 1.807) is 31.3 Å². The molecule has 0 aliphatic carbocycles. The Morgan fingerprint density at radius 1 is 1.17 bits per heavy atom. The third kappa shape index (κ3) is 5.75. The summed E-state index contributed by atoms with van der Waals surface area (Å²) in [5.74, 6) is 0.557. The highest BCUT2D eigenvalue weighted by molar-refractivity contribution is 7.89. The largest absolute Gasteiger partial charge is 0.378 e. The molecule has 0 radical (unpaired) electrons. The van der Waals surface area contributed by atoms with Crippen molar-refractivity contribution in [2.24, 2.45) is 0 Å². The second kappa shape index (κ2) is 9.34. The number of carbonyl (C=O) groups is 1. The van der Waals surface area contributed by atoms with Crippen molar-refractivity contribution < 1.29 is 17.9 Å². The van der Waals surface area contributed by atoms with Crippen LogP contribution in [0, 0.1) is 13.8 Å². The van der Waals surface area contributed by atoms with Crippen LogP contribution in [0.15, 0.2) is 41.4 Å². The minimum absolute atomic E-state index is 0.0147. The zero-order valence-electron chi connectivity index (χ0n) is 16.6. The number of aryl methyl sites for hydroxylation is 2. The number of hydrogen-bond donors (Lipinski definition) is 2. The van der Waals surface area contributed by atoms with E-state index in [4.69, 9.17) is 4.74 Å². The van der Waals surface area contributed by atoms with Gasteiger partial charge in [0, 0.05) is 26.1 Å². The molecule has 1 aromatic heterocycles. The molecule has 156 valence electrons. The number of pyridine rings is 1. The molecule has 1 aromatic carbocycles. The van der Waals surface area contributed by atoms with E-state index in [1.807, 2.05) is 19.1 Å². The van der Waals surface area contributed by atoms with Gasteiger partial charge in [-0.15, -0.1) is 0 Å². The topological polar surface area (TPSA) is 101 Å². The molecule has 2 aromatic rings. The molecule has 0 atom stereocenters. The maximum Gasteiger partial charge on any atom is 0.240 e. The first-order chi connectivity index (χ1) is 13.8. The summed E-state index contributed by atoms with van der Waals surface area (Å²) < 4.78 is 32.7. The van der Waals surface area contributed by atoms with Crippen LogP contribution in [0.25, 0.3) is 0 Å². The Kier molecular flexibility index (Phi) is 6.83. The van der Waals surface area contributed by atoms with Crippen LogP contribution in [0.1, 0.15) is 17.5 Å². The second-order valence-corrected chi connectivity index (χ2v) is 8.70. The fraction of sp³-hybridized carbons (Fsp3) is 0.400. The van der Waals surface area contributed by atoms with Crippen LogP contribution in [0.4, 0.5) is 11.5 Å². The summed E-state index contributed by atoms with van der Waals surface area (Å²) in [5, 5.41) is 2.74. The standard InChI is InChI=1S/C20H26N4O4S/c1-15-3-5-18(16(2)13-15)29(26,27)22-8-7-20(25)23-17-4-6-19(21-14-17)24-9-11-28-12-10-24/h3-6,13-14,22H,7-12H2,1-2H3,(H,23,25). The molecule has 9 heteroatoms. The maximum absolute atomic E-state index is 12.4. The van der Waals surface area contributed by atoms with Crippen LogP contribution in [0.3, 0.4) is 0 Å². The van der Waals surface area contributed by atoms with E-state index in [0.717, 1.165) is 24.5 Å². The van der Waals surface area contributed by atoms with Gasteiger partial charge < -0.3 is 15.0 Å². The highest BCUT2D eigenvalue weighted by atomic mass is 32.2. The van der Waals surface area contributed by atoms with Crippen molar-refractivity contribution in [2.45, 2.75) is 25.2 Å². The maximum atomic E-state index is 12.4. The molecule has 3 rings (SSSR count). The third-order valence-corrected chi connectivity index (χ3v) is 6.25. The highest BCUT2D eigenvalue weighted by Gasteiger charge is 2.17. The molecular weight excluding hydrogens is 392 g/mol. The lowest BCUT2D eigenvalue weighted by Gasteiger charge is -2.27. The van der Waals surface area contributed by atoms with Gasteiger partial charge in [-0.05, 0) is 37.6 Å². The van der Waals surface area contributed by atoms with Gasteiger partial charge >= 0.3 is 0 Å². The Balaban J connectivity index is 1.49. The van der Waals surface area contributed by atoms with E-state index in [-0.39, 0.29) is 23.8 Å². The van der Waals surface area contributed by atoms with Gasteiger partial charge in [-0.1, -0.05) is 17.7 Å². The first kappa shape index (κ1) is 21.2. The number of morpholine rings is 1.